The monoisotopic (exact) mass is 404 g/mol. The molecular weight excluding hydrogens is 380 g/mol. The molecule has 11 heteroatoms. The lowest BCUT2D eigenvalue weighted by molar-refractivity contribution is -0.257. The summed E-state index contributed by atoms with van der Waals surface area (Å²) in [5.41, 5.74) is 0. The maximum Gasteiger partial charge on any atom is 0.303 e. The van der Waals surface area contributed by atoms with E-state index < -0.39 is 60.4 Å². The maximum absolute atomic E-state index is 11.6. The second-order valence-corrected chi connectivity index (χ2v) is 6.04. The molecular formula is C17H24O11. The van der Waals surface area contributed by atoms with E-state index in [1.54, 1.807) is 0 Å². The van der Waals surface area contributed by atoms with Crippen molar-refractivity contribution in [2.75, 3.05) is 13.2 Å². The van der Waals surface area contributed by atoms with Crippen LogP contribution in [0.25, 0.3) is 0 Å². The van der Waals surface area contributed by atoms with Gasteiger partial charge < -0.3 is 28.4 Å². The van der Waals surface area contributed by atoms with Gasteiger partial charge in [0.25, 0.3) is 0 Å². The lowest BCUT2D eigenvalue weighted by Gasteiger charge is -2.44. The second-order valence-electron chi connectivity index (χ2n) is 6.04. The molecule has 1 fully saturated rings. The van der Waals surface area contributed by atoms with Gasteiger partial charge in [-0.05, 0) is 0 Å². The van der Waals surface area contributed by atoms with Crippen LogP contribution < -0.4 is 0 Å². The smallest absolute Gasteiger partial charge is 0.303 e. The van der Waals surface area contributed by atoms with Gasteiger partial charge in [-0.2, -0.15) is 0 Å². The Bertz CT molecular complexity index is 570. The van der Waals surface area contributed by atoms with Gasteiger partial charge in [0.15, 0.2) is 18.3 Å². The summed E-state index contributed by atoms with van der Waals surface area (Å²) in [5, 5.41) is 0. The molecule has 1 aliphatic rings. The number of hydrogen-bond donors (Lipinski definition) is 0. The van der Waals surface area contributed by atoms with Crippen LogP contribution in [0.3, 0.4) is 0 Å². The zero-order valence-electron chi connectivity index (χ0n) is 16.3. The third-order valence-electron chi connectivity index (χ3n) is 3.54. The molecule has 5 atom stereocenters. The van der Waals surface area contributed by atoms with Crippen LogP contribution in [0.5, 0.6) is 0 Å². The highest BCUT2D eigenvalue weighted by Crippen LogP contribution is 2.29. The highest BCUT2D eigenvalue weighted by molar-refractivity contribution is 5.69. The zero-order chi connectivity index (χ0) is 21.4. The van der Waals surface area contributed by atoms with Gasteiger partial charge in [0.2, 0.25) is 0 Å². The van der Waals surface area contributed by atoms with Crippen molar-refractivity contribution in [3.63, 3.8) is 0 Å². The molecule has 0 aliphatic carbocycles. The predicted octanol–water partition coefficient (Wildman–Crippen LogP) is -0.325. The Kier molecular flexibility index (Phi) is 8.83. The van der Waals surface area contributed by atoms with E-state index in [1.165, 1.54) is 13.8 Å². The molecule has 0 aromatic rings. The average molecular weight is 404 g/mol. The van der Waals surface area contributed by atoms with Crippen LogP contribution in [-0.2, 0) is 52.4 Å². The third kappa shape index (κ3) is 7.51. The van der Waals surface area contributed by atoms with E-state index in [1.807, 2.05) is 0 Å². The molecule has 0 aromatic carbocycles. The van der Waals surface area contributed by atoms with Crippen molar-refractivity contribution in [1.29, 1.82) is 0 Å². The molecule has 1 rings (SSSR count). The van der Waals surface area contributed by atoms with Crippen molar-refractivity contribution >= 4 is 29.8 Å². The topological polar surface area (TPSA) is 141 Å². The summed E-state index contributed by atoms with van der Waals surface area (Å²) in [6.07, 6.45) is -5.88. The van der Waals surface area contributed by atoms with Crippen molar-refractivity contribution in [3.8, 4) is 0 Å². The van der Waals surface area contributed by atoms with Gasteiger partial charge in [-0.3, -0.25) is 24.0 Å². The average Bonchev–Trinajstić information content (AvgIpc) is 2.54. The first-order valence-electron chi connectivity index (χ1n) is 8.45. The fourth-order valence-electron chi connectivity index (χ4n) is 2.65. The van der Waals surface area contributed by atoms with Crippen LogP contribution in [0.4, 0.5) is 0 Å². The highest BCUT2D eigenvalue weighted by Gasteiger charge is 2.52. The summed E-state index contributed by atoms with van der Waals surface area (Å²) in [6.45, 7) is 5.03. The Morgan fingerprint density at radius 1 is 0.571 bits per heavy atom. The quantitative estimate of drug-likeness (QED) is 0.407. The van der Waals surface area contributed by atoms with Crippen molar-refractivity contribution in [2.45, 2.75) is 65.1 Å². The fraction of sp³-hybridized carbons (Fsp3) is 0.706. The van der Waals surface area contributed by atoms with E-state index in [-0.39, 0.29) is 13.2 Å². The lowest BCUT2D eigenvalue weighted by atomic mass is 9.94. The maximum atomic E-state index is 11.6. The first-order valence-corrected chi connectivity index (χ1v) is 8.45. The predicted molar refractivity (Wildman–Crippen MR) is 88.6 cm³/mol. The summed E-state index contributed by atoms with van der Waals surface area (Å²) in [6, 6.07) is 0. The Hall–Kier alpha value is -2.69. The molecule has 0 bridgehead atoms. The van der Waals surface area contributed by atoms with E-state index in [4.69, 9.17) is 28.4 Å². The summed E-state index contributed by atoms with van der Waals surface area (Å²) in [5.74, 6) is -3.42. The molecule has 0 aromatic heterocycles. The van der Waals surface area contributed by atoms with Crippen molar-refractivity contribution in [2.24, 2.45) is 0 Å². The minimum Gasteiger partial charge on any atom is -0.463 e. The fourth-order valence-corrected chi connectivity index (χ4v) is 2.65. The van der Waals surface area contributed by atoms with E-state index in [2.05, 4.69) is 0 Å². The number of ether oxygens (including phenoxy) is 6. The van der Waals surface area contributed by atoms with Crippen molar-refractivity contribution in [1.82, 2.24) is 0 Å². The first kappa shape index (κ1) is 23.3. The van der Waals surface area contributed by atoms with Crippen LogP contribution in [0, 0.1) is 0 Å². The van der Waals surface area contributed by atoms with Crippen LogP contribution in [0.2, 0.25) is 0 Å². The Balaban J connectivity index is 3.26. The van der Waals surface area contributed by atoms with Gasteiger partial charge in [0.05, 0.1) is 0 Å². The van der Waals surface area contributed by atoms with E-state index in [0.29, 0.717) is 0 Å². The summed E-state index contributed by atoms with van der Waals surface area (Å²) >= 11 is 0. The van der Waals surface area contributed by atoms with Crippen LogP contribution in [-0.4, -0.2) is 73.6 Å². The van der Waals surface area contributed by atoms with Crippen LogP contribution in [0.1, 0.15) is 34.6 Å². The molecule has 0 radical (unpaired) electrons. The van der Waals surface area contributed by atoms with E-state index >= 15 is 0 Å². The molecule has 0 amide bonds. The van der Waals surface area contributed by atoms with Crippen LogP contribution >= 0.6 is 0 Å². The molecule has 1 aliphatic heterocycles. The summed E-state index contributed by atoms with van der Waals surface area (Å²) < 4.78 is 31.2. The van der Waals surface area contributed by atoms with Gasteiger partial charge in [-0.25, -0.2) is 0 Å². The molecule has 158 valence electrons. The summed E-state index contributed by atoms with van der Waals surface area (Å²) in [7, 11) is 0. The number of carbonyl (C=O) groups excluding carboxylic acids is 5. The van der Waals surface area contributed by atoms with Crippen molar-refractivity contribution in [3.05, 3.63) is 0 Å². The van der Waals surface area contributed by atoms with Gasteiger partial charge in [0, 0.05) is 34.6 Å². The first-order chi connectivity index (χ1) is 13.0. The minimum atomic E-state index is -1.28. The number of carbonyl (C=O) groups is 5. The highest BCUT2D eigenvalue weighted by atomic mass is 16.7. The third-order valence-corrected chi connectivity index (χ3v) is 3.54. The standard InChI is InChI=1S/C17H24O11/c1-8(18)23-6-13-15(25-10(3)20)17(27-12(5)22)16(26-11(4)21)14(28-13)7-24-9(2)19/h13-17H,6-7H2,1-5H3/t13?,14?,15-,16?,17?/m1/s1. The molecule has 1 saturated heterocycles. The molecule has 0 spiro atoms. The number of rotatable bonds is 7. The molecule has 0 saturated carbocycles. The van der Waals surface area contributed by atoms with Gasteiger partial charge in [-0.15, -0.1) is 0 Å². The molecule has 1 heterocycles. The molecule has 11 nitrogen and oxygen atoms in total. The largest absolute Gasteiger partial charge is 0.463 e. The summed E-state index contributed by atoms with van der Waals surface area (Å²) in [4.78, 5) is 57.0. The number of hydrogen-bond acceptors (Lipinski definition) is 11. The Morgan fingerprint density at radius 3 is 1.18 bits per heavy atom. The van der Waals surface area contributed by atoms with E-state index in [9.17, 15) is 24.0 Å². The van der Waals surface area contributed by atoms with Gasteiger partial charge >= 0.3 is 29.8 Å². The second kappa shape index (κ2) is 10.6. The number of esters is 5. The SMILES string of the molecule is CC(=O)OCC1OC(COC(C)=O)[C@@H](OC(C)=O)C(OC(C)=O)C1OC(C)=O. The molecule has 0 N–H and O–H groups in total. The molecule has 4 unspecified atom stereocenters. The normalized spacial score (nSPS) is 26.5. The Morgan fingerprint density at radius 2 is 0.893 bits per heavy atom. The zero-order valence-corrected chi connectivity index (χ0v) is 16.3. The van der Waals surface area contributed by atoms with Crippen LogP contribution in [0.15, 0.2) is 0 Å². The van der Waals surface area contributed by atoms with Gasteiger partial charge in [-0.1, -0.05) is 0 Å². The molecule has 28 heavy (non-hydrogen) atoms. The lowest BCUT2D eigenvalue weighted by Crippen LogP contribution is -2.63. The Labute approximate surface area is 161 Å². The van der Waals surface area contributed by atoms with E-state index in [0.717, 1.165) is 20.8 Å². The minimum absolute atomic E-state index is 0.339. The van der Waals surface area contributed by atoms with Crippen molar-refractivity contribution < 1.29 is 52.4 Å². The van der Waals surface area contributed by atoms with Gasteiger partial charge in [0.1, 0.15) is 25.4 Å².